The molecule has 0 aliphatic carbocycles. The molecule has 144 valence electrons. The summed E-state index contributed by atoms with van der Waals surface area (Å²) in [5.41, 5.74) is 0. The standard InChI is InChI=1S/C16H26O9/c1-7-13(23-10(3)18)15(24-11(4)19)16(25-12(5)20)14(21-6)8-22-9(2)17/h13-16H,7-8H2,1-6H3/t13-,14?,15?,16?/m0/s1. The molecule has 3 unspecified atom stereocenters. The van der Waals surface area contributed by atoms with Crippen LogP contribution in [0.3, 0.4) is 0 Å². The van der Waals surface area contributed by atoms with Crippen molar-refractivity contribution in [2.45, 2.75) is 65.5 Å². The number of esters is 4. The average molecular weight is 362 g/mol. The van der Waals surface area contributed by atoms with Crippen LogP contribution in [0.2, 0.25) is 0 Å². The van der Waals surface area contributed by atoms with Crippen molar-refractivity contribution in [3.05, 3.63) is 0 Å². The molecule has 4 atom stereocenters. The second-order valence-corrected chi connectivity index (χ2v) is 5.28. The number of ether oxygens (including phenoxy) is 5. The second-order valence-electron chi connectivity index (χ2n) is 5.28. The normalized spacial score (nSPS) is 15.3. The summed E-state index contributed by atoms with van der Waals surface area (Å²) in [5, 5.41) is 0. The zero-order valence-corrected chi connectivity index (χ0v) is 15.4. The lowest BCUT2D eigenvalue weighted by atomic mass is 10.0. The Hall–Kier alpha value is -2.16. The largest absolute Gasteiger partial charge is 0.463 e. The Balaban J connectivity index is 5.69. The van der Waals surface area contributed by atoms with Gasteiger partial charge in [-0.3, -0.25) is 19.2 Å². The summed E-state index contributed by atoms with van der Waals surface area (Å²) < 4.78 is 25.8. The summed E-state index contributed by atoms with van der Waals surface area (Å²) in [4.78, 5) is 45.4. The van der Waals surface area contributed by atoms with Gasteiger partial charge in [0.05, 0.1) is 0 Å². The van der Waals surface area contributed by atoms with Crippen molar-refractivity contribution < 1.29 is 42.9 Å². The predicted octanol–water partition coefficient (Wildman–Crippen LogP) is 0.770. The third kappa shape index (κ3) is 9.04. The maximum absolute atomic E-state index is 11.5. The van der Waals surface area contributed by atoms with Gasteiger partial charge in [-0.05, 0) is 6.42 Å². The van der Waals surface area contributed by atoms with Crippen molar-refractivity contribution in [3.8, 4) is 0 Å². The summed E-state index contributed by atoms with van der Waals surface area (Å²) in [6.07, 6.45) is -3.78. The number of methoxy groups -OCH3 is 1. The third-order valence-corrected chi connectivity index (χ3v) is 3.13. The highest BCUT2D eigenvalue weighted by Gasteiger charge is 2.41. The van der Waals surface area contributed by atoms with Crippen molar-refractivity contribution >= 4 is 23.9 Å². The van der Waals surface area contributed by atoms with Crippen LogP contribution in [0.4, 0.5) is 0 Å². The van der Waals surface area contributed by atoms with Gasteiger partial charge in [0.2, 0.25) is 0 Å². The summed E-state index contributed by atoms with van der Waals surface area (Å²) in [5.74, 6) is -2.46. The Bertz CT molecular complexity index is 474. The maximum atomic E-state index is 11.5. The van der Waals surface area contributed by atoms with Crippen LogP contribution >= 0.6 is 0 Å². The Morgan fingerprint density at radius 3 is 1.48 bits per heavy atom. The summed E-state index contributed by atoms with van der Waals surface area (Å²) in [6, 6.07) is 0. The highest BCUT2D eigenvalue weighted by atomic mass is 16.6. The minimum atomic E-state index is -1.14. The van der Waals surface area contributed by atoms with Gasteiger partial charge in [-0.1, -0.05) is 6.92 Å². The smallest absolute Gasteiger partial charge is 0.303 e. The fourth-order valence-electron chi connectivity index (χ4n) is 2.18. The summed E-state index contributed by atoms with van der Waals surface area (Å²) in [7, 11) is 1.32. The lowest BCUT2D eigenvalue weighted by molar-refractivity contribution is -0.198. The van der Waals surface area contributed by atoms with Crippen LogP contribution in [0.1, 0.15) is 41.0 Å². The molecular weight excluding hydrogens is 336 g/mol. The van der Waals surface area contributed by atoms with Crippen LogP contribution in [0.15, 0.2) is 0 Å². The SMILES string of the molecule is CC[C@H](OC(C)=O)C(OC(C)=O)C(OC(C)=O)C(COC(C)=O)OC. The van der Waals surface area contributed by atoms with E-state index >= 15 is 0 Å². The van der Waals surface area contributed by atoms with Crippen LogP contribution in [0, 0.1) is 0 Å². The number of carbonyl (C=O) groups excluding carboxylic acids is 4. The average Bonchev–Trinajstić information content (AvgIpc) is 2.49. The van der Waals surface area contributed by atoms with Gasteiger partial charge in [0.1, 0.15) is 18.8 Å². The molecule has 0 aliphatic rings. The van der Waals surface area contributed by atoms with Crippen molar-refractivity contribution in [1.29, 1.82) is 0 Å². The molecule has 0 aromatic heterocycles. The molecule has 0 saturated carbocycles. The number of carbonyl (C=O) groups is 4. The summed E-state index contributed by atoms with van der Waals surface area (Å²) in [6.45, 7) is 6.24. The zero-order valence-electron chi connectivity index (χ0n) is 15.4. The van der Waals surface area contributed by atoms with Crippen LogP contribution < -0.4 is 0 Å². The Labute approximate surface area is 146 Å². The van der Waals surface area contributed by atoms with Crippen LogP contribution in [0.5, 0.6) is 0 Å². The van der Waals surface area contributed by atoms with E-state index in [0.29, 0.717) is 6.42 Å². The van der Waals surface area contributed by atoms with E-state index in [1.165, 1.54) is 34.8 Å². The number of hydrogen-bond acceptors (Lipinski definition) is 9. The molecule has 0 aromatic rings. The highest BCUT2D eigenvalue weighted by molar-refractivity contribution is 5.68. The van der Waals surface area contributed by atoms with Gasteiger partial charge in [0.25, 0.3) is 0 Å². The molecule has 0 spiro atoms. The van der Waals surface area contributed by atoms with Crippen molar-refractivity contribution in [2.75, 3.05) is 13.7 Å². The van der Waals surface area contributed by atoms with Crippen molar-refractivity contribution in [1.82, 2.24) is 0 Å². The third-order valence-electron chi connectivity index (χ3n) is 3.13. The minimum absolute atomic E-state index is 0.238. The monoisotopic (exact) mass is 362 g/mol. The quantitative estimate of drug-likeness (QED) is 0.410. The fraction of sp³-hybridized carbons (Fsp3) is 0.750. The molecule has 25 heavy (non-hydrogen) atoms. The van der Waals surface area contributed by atoms with Crippen LogP contribution in [-0.4, -0.2) is 62.0 Å². The Morgan fingerprint density at radius 2 is 1.16 bits per heavy atom. The van der Waals surface area contributed by atoms with Gasteiger partial charge in [-0.15, -0.1) is 0 Å². The fourth-order valence-corrected chi connectivity index (χ4v) is 2.18. The lowest BCUT2D eigenvalue weighted by Crippen LogP contribution is -2.52. The van der Waals surface area contributed by atoms with E-state index in [2.05, 4.69) is 0 Å². The Kier molecular flexibility index (Phi) is 10.4. The van der Waals surface area contributed by atoms with E-state index in [9.17, 15) is 19.2 Å². The van der Waals surface area contributed by atoms with E-state index in [0.717, 1.165) is 0 Å². The molecule has 0 saturated heterocycles. The molecule has 0 bridgehead atoms. The molecule has 9 nitrogen and oxygen atoms in total. The molecule has 9 heteroatoms. The topological polar surface area (TPSA) is 114 Å². The molecule has 0 rings (SSSR count). The first kappa shape index (κ1) is 22.8. The lowest BCUT2D eigenvalue weighted by Gasteiger charge is -2.34. The van der Waals surface area contributed by atoms with Gasteiger partial charge < -0.3 is 23.7 Å². The van der Waals surface area contributed by atoms with E-state index in [4.69, 9.17) is 23.7 Å². The number of hydrogen-bond donors (Lipinski definition) is 0. The molecule has 0 amide bonds. The maximum Gasteiger partial charge on any atom is 0.303 e. The van der Waals surface area contributed by atoms with Crippen LogP contribution in [0.25, 0.3) is 0 Å². The highest BCUT2D eigenvalue weighted by Crippen LogP contribution is 2.21. The molecule has 0 aliphatic heterocycles. The Morgan fingerprint density at radius 1 is 0.720 bits per heavy atom. The molecule has 0 N–H and O–H groups in total. The number of rotatable bonds is 10. The van der Waals surface area contributed by atoms with Gasteiger partial charge >= 0.3 is 23.9 Å². The molecule has 0 radical (unpaired) electrons. The van der Waals surface area contributed by atoms with Gasteiger partial charge in [0, 0.05) is 34.8 Å². The molecule has 0 fully saturated rings. The second kappa shape index (κ2) is 11.4. The van der Waals surface area contributed by atoms with Gasteiger partial charge in [-0.2, -0.15) is 0 Å². The first-order valence-corrected chi connectivity index (χ1v) is 7.80. The first-order valence-electron chi connectivity index (χ1n) is 7.80. The molecule has 0 heterocycles. The van der Waals surface area contributed by atoms with Gasteiger partial charge in [-0.25, -0.2) is 0 Å². The first-order chi connectivity index (χ1) is 11.6. The predicted molar refractivity (Wildman–Crippen MR) is 84.4 cm³/mol. The van der Waals surface area contributed by atoms with Gasteiger partial charge in [0.15, 0.2) is 12.2 Å². The summed E-state index contributed by atoms with van der Waals surface area (Å²) >= 11 is 0. The van der Waals surface area contributed by atoms with Crippen molar-refractivity contribution in [3.63, 3.8) is 0 Å². The molecule has 0 aromatic carbocycles. The van der Waals surface area contributed by atoms with E-state index in [1.807, 2.05) is 0 Å². The van der Waals surface area contributed by atoms with E-state index in [-0.39, 0.29) is 6.61 Å². The minimum Gasteiger partial charge on any atom is -0.463 e. The van der Waals surface area contributed by atoms with E-state index in [1.54, 1.807) is 6.92 Å². The molecular formula is C16H26O9. The van der Waals surface area contributed by atoms with Crippen molar-refractivity contribution in [2.24, 2.45) is 0 Å². The van der Waals surface area contributed by atoms with Crippen LogP contribution in [-0.2, 0) is 42.9 Å². The van der Waals surface area contributed by atoms with E-state index < -0.39 is 48.3 Å². The zero-order chi connectivity index (χ0) is 19.6.